The molecule has 0 aliphatic heterocycles. The second-order valence-electron chi connectivity index (χ2n) is 7.76. The molecule has 0 bridgehead atoms. The van der Waals surface area contributed by atoms with Crippen molar-refractivity contribution in [2.75, 3.05) is 40.5 Å². The molecule has 32 heavy (non-hydrogen) atoms. The molecule has 0 atom stereocenters. The Labute approximate surface area is 210 Å². The summed E-state index contributed by atoms with van der Waals surface area (Å²) in [4.78, 5) is 6.91. The molecule has 178 valence electrons. The minimum Gasteiger partial charge on any atom is -0.491 e. The highest BCUT2D eigenvalue weighted by Gasteiger charge is 2.06. The Kier molecular flexibility index (Phi) is 14.0. The van der Waals surface area contributed by atoms with Crippen molar-refractivity contribution in [3.63, 3.8) is 0 Å². The molecule has 0 unspecified atom stereocenters. The molecule has 2 aromatic rings. The Balaban J connectivity index is 0.00000512. The van der Waals surface area contributed by atoms with Crippen LogP contribution in [0.1, 0.15) is 36.1 Å². The lowest BCUT2D eigenvalue weighted by molar-refractivity contribution is 0.110. The van der Waals surface area contributed by atoms with Gasteiger partial charge in [-0.05, 0) is 57.6 Å². The average Bonchev–Trinajstić information content (AvgIpc) is 2.75. The van der Waals surface area contributed by atoms with Crippen molar-refractivity contribution in [3.05, 3.63) is 64.7 Å². The molecule has 2 rings (SSSR count). The standard InChI is InChI=1S/C25H38N4O2.HI/c1-6-26-25(27-17-21-9-11-22(12-10-21)19-29(4)5)28-18-23-13-8-20(3)16-24(23)31-15-14-30-7-2;/h8-13,16H,6-7,14-15,17-19H2,1-5H3,(H2,26,27,28);1H. The summed E-state index contributed by atoms with van der Waals surface area (Å²) in [7, 11) is 4.16. The molecule has 6 nitrogen and oxygen atoms in total. The van der Waals surface area contributed by atoms with E-state index in [0.717, 1.165) is 30.4 Å². The maximum atomic E-state index is 5.95. The van der Waals surface area contributed by atoms with Gasteiger partial charge >= 0.3 is 0 Å². The van der Waals surface area contributed by atoms with Crippen molar-refractivity contribution in [1.29, 1.82) is 0 Å². The summed E-state index contributed by atoms with van der Waals surface area (Å²) in [5, 5.41) is 6.75. The van der Waals surface area contributed by atoms with Gasteiger partial charge in [-0.15, -0.1) is 24.0 Å². The molecule has 0 saturated heterocycles. The summed E-state index contributed by atoms with van der Waals surface area (Å²) < 4.78 is 11.3. The zero-order chi connectivity index (χ0) is 22.5. The fourth-order valence-corrected chi connectivity index (χ4v) is 3.10. The Morgan fingerprint density at radius 2 is 1.69 bits per heavy atom. The number of nitrogens with one attached hydrogen (secondary N) is 2. The van der Waals surface area contributed by atoms with Crippen LogP contribution in [0, 0.1) is 6.92 Å². The molecule has 2 N–H and O–H groups in total. The summed E-state index contributed by atoms with van der Waals surface area (Å²) >= 11 is 0. The molecule has 0 radical (unpaired) electrons. The largest absolute Gasteiger partial charge is 0.491 e. The van der Waals surface area contributed by atoms with Gasteiger partial charge in [0.05, 0.1) is 13.2 Å². The van der Waals surface area contributed by atoms with Gasteiger partial charge < -0.3 is 25.0 Å². The van der Waals surface area contributed by atoms with Crippen LogP contribution in [-0.4, -0.2) is 51.3 Å². The Hall–Kier alpha value is -1.84. The number of aliphatic imine (C=N–C) groups is 1. The SMILES string of the molecule is CCNC(=NCc1ccc(CN(C)C)cc1)NCc1ccc(C)cc1OCCOCC.I. The zero-order valence-electron chi connectivity index (χ0n) is 20.1. The van der Waals surface area contributed by atoms with E-state index in [9.17, 15) is 0 Å². The number of hydrogen-bond donors (Lipinski definition) is 2. The van der Waals surface area contributed by atoms with E-state index >= 15 is 0 Å². The molecule has 0 saturated carbocycles. The maximum Gasteiger partial charge on any atom is 0.191 e. The van der Waals surface area contributed by atoms with Gasteiger partial charge in [-0.1, -0.05) is 36.4 Å². The molecule has 0 spiro atoms. The molecular formula is C25H39IN4O2. The van der Waals surface area contributed by atoms with Gasteiger partial charge in [0.15, 0.2) is 5.96 Å². The highest BCUT2D eigenvalue weighted by atomic mass is 127. The van der Waals surface area contributed by atoms with Crippen LogP contribution in [-0.2, 0) is 24.4 Å². The van der Waals surface area contributed by atoms with Crippen LogP contribution in [0.5, 0.6) is 5.75 Å². The molecule has 2 aromatic carbocycles. The quantitative estimate of drug-likeness (QED) is 0.177. The molecule has 0 aliphatic rings. The summed E-state index contributed by atoms with van der Waals surface area (Å²) in [6, 6.07) is 14.9. The van der Waals surface area contributed by atoms with E-state index in [2.05, 4.69) is 85.9 Å². The summed E-state index contributed by atoms with van der Waals surface area (Å²) in [6.45, 7) is 11.0. The van der Waals surface area contributed by atoms with Gasteiger partial charge in [0.25, 0.3) is 0 Å². The first-order valence-electron chi connectivity index (χ1n) is 11.1. The number of benzene rings is 2. The zero-order valence-corrected chi connectivity index (χ0v) is 22.4. The smallest absolute Gasteiger partial charge is 0.191 e. The van der Waals surface area contributed by atoms with E-state index in [1.165, 1.54) is 16.7 Å². The van der Waals surface area contributed by atoms with Crippen LogP contribution in [0.2, 0.25) is 0 Å². The summed E-state index contributed by atoms with van der Waals surface area (Å²) in [6.07, 6.45) is 0. The monoisotopic (exact) mass is 554 g/mol. The third-order valence-corrected chi connectivity index (χ3v) is 4.64. The van der Waals surface area contributed by atoms with E-state index in [1.807, 2.05) is 6.92 Å². The van der Waals surface area contributed by atoms with Gasteiger partial charge in [-0.2, -0.15) is 0 Å². The summed E-state index contributed by atoms with van der Waals surface area (Å²) in [5.74, 6) is 1.68. The molecular weight excluding hydrogens is 515 g/mol. The first-order chi connectivity index (χ1) is 15.0. The van der Waals surface area contributed by atoms with Crippen LogP contribution >= 0.6 is 24.0 Å². The summed E-state index contributed by atoms with van der Waals surface area (Å²) in [5.41, 5.74) is 4.77. The van der Waals surface area contributed by atoms with Gasteiger partial charge in [0.1, 0.15) is 12.4 Å². The lowest BCUT2D eigenvalue weighted by atomic mass is 10.1. The lowest BCUT2D eigenvalue weighted by Crippen LogP contribution is -2.36. The number of aryl methyl sites for hydroxylation is 1. The minimum atomic E-state index is 0. The highest BCUT2D eigenvalue weighted by molar-refractivity contribution is 14.0. The van der Waals surface area contributed by atoms with E-state index in [0.29, 0.717) is 32.9 Å². The van der Waals surface area contributed by atoms with Crippen LogP contribution in [0.25, 0.3) is 0 Å². The van der Waals surface area contributed by atoms with Crippen LogP contribution in [0.4, 0.5) is 0 Å². The van der Waals surface area contributed by atoms with Gasteiger partial charge in [-0.25, -0.2) is 4.99 Å². The second kappa shape index (κ2) is 15.9. The van der Waals surface area contributed by atoms with E-state index in [4.69, 9.17) is 14.5 Å². The molecule has 7 heteroatoms. The first kappa shape index (κ1) is 28.2. The predicted molar refractivity (Wildman–Crippen MR) is 144 cm³/mol. The number of ether oxygens (including phenoxy) is 2. The minimum absolute atomic E-state index is 0. The fraction of sp³-hybridized carbons (Fsp3) is 0.480. The normalized spacial score (nSPS) is 11.2. The maximum absolute atomic E-state index is 5.95. The number of nitrogens with zero attached hydrogens (tertiary/aromatic N) is 2. The molecule has 0 amide bonds. The van der Waals surface area contributed by atoms with Crippen molar-refractivity contribution in [2.45, 2.75) is 40.4 Å². The average molecular weight is 555 g/mol. The Morgan fingerprint density at radius 1 is 0.969 bits per heavy atom. The van der Waals surface area contributed by atoms with E-state index in [1.54, 1.807) is 0 Å². The number of guanidine groups is 1. The Morgan fingerprint density at radius 3 is 2.34 bits per heavy atom. The first-order valence-corrected chi connectivity index (χ1v) is 11.1. The van der Waals surface area contributed by atoms with Gasteiger partial charge in [-0.3, -0.25) is 0 Å². The third-order valence-electron chi connectivity index (χ3n) is 4.64. The predicted octanol–water partition coefficient (Wildman–Crippen LogP) is 4.35. The lowest BCUT2D eigenvalue weighted by Gasteiger charge is -2.15. The third kappa shape index (κ3) is 10.7. The number of hydrogen-bond acceptors (Lipinski definition) is 4. The van der Waals surface area contributed by atoms with Crippen LogP contribution in [0.3, 0.4) is 0 Å². The van der Waals surface area contributed by atoms with Gasteiger partial charge in [0, 0.05) is 31.8 Å². The van der Waals surface area contributed by atoms with Crippen LogP contribution < -0.4 is 15.4 Å². The van der Waals surface area contributed by atoms with E-state index in [-0.39, 0.29) is 24.0 Å². The van der Waals surface area contributed by atoms with Crippen LogP contribution in [0.15, 0.2) is 47.5 Å². The van der Waals surface area contributed by atoms with Crippen molar-refractivity contribution >= 4 is 29.9 Å². The van der Waals surface area contributed by atoms with Crippen molar-refractivity contribution < 1.29 is 9.47 Å². The highest BCUT2D eigenvalue weighted by Crippen LogP contribution is 2.20. The second-order valence-corrected chi connectivity index (χ2v) is 7.76. The van der Waals surface area contributed by atoms with Gasteiger partial charge in [0.2, 0.25) is 0 Å². The molecule has 0 heterocycles. The molecule has 0 aliphatic carbocycles. The van der Waals surface area contributed by atoms with Crippen molar-refractivity contribution in [3.8, 4) is 5.75 Å². The van der Waals surface area contributed by atoms with E-state index < -0.39 is 0 Å². The van der Waals surface area contributed by atoms with Crippen molar-refractivity contribution in [2.24, 2.45) is 4.99 Å². The molecule has 0 aromatic heterocycles. The number of rotatable bonds is 12. The van der Waals surface area contributed by atoms with Crippen molar-refractivity contribution in [1.82, 2.24) is 15.5 Å². The topological polar surface area (TPSA) is 58.1 Å². The fourth-order valence-electron chi connectivity index (χ4n) is 3.10. The Bertz CT molecular complexity index is 810. The number of halogens is 1. The molecule has 0 fully saturated rings.